The van der Waals surface area contributed by atoms with Crippen LogP contribution in [0.15, 0.2) is 209 Å². The summed E-state index contributed by atoms with van der Waals surface area (Å²) >= 11 is 0. The van der Waals surface area contributed by atoms with Crippen molar-refractivity contribution in [1.29, 1.82) is 0 Å². The minimum Gasteiger partial charge on any atom is -0.455 e. The fraction of sp³-hybridized carbons (Fsp3) is 0. The molecule has 0 amide bonds. The molecule has 0 fully saturated rings. The molecule has 11 aromatic rings. The molecule has 0 N–H and O–H groups in total. The van der Waals surface area contributed by atoms with Gasteiger partial charge in [0.25, 0.3) is 0 Å². The van der Waals surface area contributed by atoms with Crippen molar-refractivity contribution < 1.29 is 8.83 Å². The molecular weight excluding hydrogens is 671 g/mol. The number of fused-ring (bicyclic) bond motifs is 8. The summed E-state index contributed by atoms with van der Waals surface area (Å²) in [5.41, 5.74) is 13.7. The van der Waals surface area contributed by atoms with Gasteiger partial charge >= 0.3 is 0 Å². The van der Waals surface area contributed by atoms with Gasteiger partial charge in [-0.1, -0.05) is 140 Å². The molecule has 0 atom stereocenters. The Bertz CT molecular complexity index is 3180. The lowest BCUT2D eigenvalue weighted by Crippen LogP contribution is -2.09. The summed E-state index contributed by atoms with van der Waals surface area (Å²) in [6, 6.07) is 70.8. The molecule has 2 aromatic heterocycles. The van der Waals surface area contributed by atoms with Crippen LogP contribution in [-0.2, 0) is 0 Å². The molecular formula is C52H33NO2. The Hall–Kier alpha value is -7.36. The predicted molar refractivity (Wildman–Crippen MR) is 229 cm³/mol. The fourth-order valence-corrected chi connectivity index (χ4v) is 8.23. The molecule has 0 spiro atoms. The van der Waals surface area contributed by atoms with Gasteiger partial charge in [0.05, 0.1) is 0 Å². The van der Waals surface area contributed by atoms with Crippen molar-refractivity contribution in [3.8, 4) is 33.4 Å². The van der Waals surface area contributed by atoms with E-state index >= 15 is 0 Å². The van der Waals surface area contributed by atoms with Crippen LogP contribution in [0.2, 0.25) is 0 Å². The Morgan fingerprint density at radius 3 is 1.56 bits per heavy atom. The van der Waals surface area contributed by atoms with E-state index in [0.29, 0.717) is 0 Å². The van der Waals surface area contributed by atoms with Crippen LogP contribution >= 0.6 is 0 Å². The van der Waals surface area contributed by atoms with E-state index in [0.717, 1.165) is 88.6 Å². The maximum atomic E-state index is 6.66. The predicted octanol–water partition coefficient (Wildman–Crippen LogP) is 15.1. The van der Waals surface area contributed by atoms with Gasteiger partial charge in [-0.05, 0) is 93.9 Å². The van der Waals surface area contributed by atoms with Crippen molar-refractivity contribution in [2.45, 2.75) is 0 Å². The van der Waals surface area contributed by atoms with E-state index in [9.17, 15) is 0 Å². The molecule has 0 aliphatic heterocycles. The van der Waals surface area contributed by atoms with E-state index in [1.54, 1.807) is 0 Å². The smallest absolute Gasteiger partial charge is 0.143 e. The van der Waals surface area contributed by atoms with Crippen molar-refractivity contribution >= 4 is 71.7 Å². The van der Waals surface area contributed by atoms with E-state index in [4.69, 9.17) is 8.83 Å². The normalized spacial score (nSPS) is 11.6. The standard InChI is InChI=1S/C52H33NO2/c1-3-12-35(13-4-1)47-33-48-44-31-26-37(32-50(44)55-52(48)45-18-8-7-16-42(45)47)34-22-27-39(28-23-34)53(38-14-5-2-6-15-38)40-29-24-36(25-30-40)41-19-11-20-46-43-17-9-10-21-49(43)54-51(41)46/h1-33H. The van der Waals surface area contributed by atoms with Crippen LogP contribution in [0.3, 0.4) is 0 Å². The zero-order valence-electron chi connectivity index (χ0n) is 29.8. The summed E-state index contributed by atoms with van der Waals surface area (Å²) in [4.78, 5) is 2.30. The average molecular weight is 704 g/mol. The molecule has 258 valence electrons. The van der Waals surface area contributed by atoms with Crippen LogP contribution in [0, 0.1) is 0 Å². The lowest BCUT2D eigenvalue weighted by Gasteiger charge is -2.26. The molecule has 0 radical (unpaired) electrons. The fourth-order valence-electron chi connectivity index (χ4n) is 8.23. The number of benzene rings is 9. The first kappa shape index (κ1) is 31.2. The third kappa shape index (κ3) is 5.20. The van der Waals surface area contributed by atoms with Gasteiger partial charge < -0.3 is 13.7 Å². The Morgan fingerprint density at radius 1 is 0.273 bits per heavy atom. The van der Waals surface area contributed by atoms with Crippen LogP contribution in [0.4, 0.5) is 17.1 Å². The maximum absolute atomic E-state index is 6.66. The Morgan fingerprint density at radius 2 is 0.800 bits per heavy atom. The minimum atomic E-state index is 0.885. The third-order valence-electron chi connectivity index (χ3n) is 10.9. The number of anilines is 3. The summed E-state index contributed by atoms with van der Waals surface area (Å²) < 4.78 is 13.0. The topological polar surface area (TPSA) is 29.5 Å². The molecule has 2 heterocycles. The quantitative estimate of drug-likeness (QED) is 0.173. The van der Waals surface area contributed by atoms with E-state index in [1.807, 2.05) is 12.1 Å². The number of hydrogen-bond acceptors (Lipinski definition) is 3. The van der Waals surface area contributed by atoms with Crippen LogP contribution in [0.1, 0.15) is 0 Å². The monoisotopic (exact) mass is 703 g/mol. The van der Waals surface area contributed by atoms with Crippen LogP contribution in [0.5, 0.6) is 0 Å². The number of rotatable bonds is 6. The SMILES string of the molecule is c1ccc(-c2cc3c4ccc(-c5ccc(N(c6ccccc6)c6ccc(-c7cccc8c7oc7ccccc78)cc6)cc5)cc4oc3c3ccccc23)cc1. The molecule has 3 nitrogen and oxygen atoms in total. The summed E-state index contributed by atoms with van der Waals surface area (Å²) in [6.45, 7) is 0. The molecule has 3 heteroatoms. The summed E-state index contributed by atoms with van der Waals surface area (Å²) in [5, 5.41) is 6.84. The first-order valence-corrected chi connectivity index (χ1v) is 18.7. The van der Waals surface area contributed by atoms with Crippen LogP contribution < -0.4 is 4.90 Å². The zero-order chi connectivity index (χ0) is 36.3. The van der Waals surface area contributed by atoms with Crippen molar-refractivity contribution in [1.82, 2.24) is 0 Å². The van der Waals surface area contributed by atoms with Crippen LogP contribution in [-0.4, -0.2) is 0 Å². The summed E-state index contributed by atoms with van der Waals surface area (Å²) in [5.74, 6) is 0. The molecule has 9 aromatic carbocycles. The van der Waals surface area contributed by atoms with Gasteiger partial charge in [-0.3, -0.25) is 0 Å². The number of nitrogens with zero attached hydrogens (tertiary/aromatic N) is 1. The molecule has 0 aliphatic carbocycles. The summed E-state index contributed by atoms with van der Waals surface area (Å²) in [7, 11) is 0. The lowest BCUT2D eigenvalue weighted by molar-refractivity contribution is 0.670. The molecule has 0 aliphatic rings. The molecule has 55 heavy (non-hydrogen) atoms. The van der Waals surface area contributed by atoms with E-state index in [-0.39, 0.29) is 0 Å². The number of para-hydroxylation sites is 3. The van der Waals surface area contributed by atoms with Gasteiger partial charge in [0.2, 0.25) is 0 Å². The molecule has 0 saturated heterocycles. The maximum Gasteiger partial charge on any atom is 0.143 e. The zero-order valence-corrected chi connectivity index (χ0v) is 29.8. The Balaban J connectivity index is 0.955. The highest BCUT2D eigenvalue weighted by Gasteiger charge is 2.18. The number of furan rings is 2. The van der Waals surface area contributed by atoms with Gasteiger partial charge in [-0.2, -0.15) is 0 Å². The largest absolute Gasteiger partial charge is 0.455 e. The first-order chi connectivity index (χ1) is 27.3. The molecule has 11 rings (SSSR count). The van der Waals surface area contributed by atoms with E-state index in [2.05, 4.69) is 193 Å². The van der Waals surface area contributed by atoms with Crippen molar-refractivity contribution in [3.05, 3.63) is 200 Å². The van der Waals surface area contributed by atoms with Crippen LogP contribution in [0.25, 0.3) is 88.0 Å². The summed E-state index contributed by atoms with van der Waals surface area (Å²) in [6.07, 6.45) is 0. The van der Waals surface area contributed by atoms with Gasteiger partial charge in [-0.25, -0.2) is 0 Å². The van der Waals surface area contributed by atoms with Gasteiger partial charge in [-0.15, -0.1) is 0 Å². The first-order valence-electron chi connectivity index (χ1n) is 18.7. The second kappa shape index (κ2) is 12.6. The molecule has 0 unspecified atom stereocenters. The molecule has 0 bridgehead atoms. The Kier molecular flexibility index (Phi) is 7.17. The van der Waals surface area contributed by atoms with Crippen molar-refractivity contribution in [3.63, 3.8) is 0 Å². The highest BCUT2D eigenvalue weighted by atomic mass is 16.3. The second-order valence-corrected chi connectivity index (χ2v) is 14.1. The second-order valence-electron chi connectivity index (χ2n) is 14.1. The lowest BCUT2D eigenvalue weighted by atomic mass is 9.95. The minimum absolute atomic E-state index is 0.885. The van der Waals surface area contributed by atoms with E-state index < -0.39 is 0 Å². The highest BCUT2D eigenvalue weighted by Crippen LogP contribution is 2.42. The van der Waals surface area contributed by atoms with E-state index in [1.165, 1.54) is 16.5 Å². The number of hydrogen-bond donors (Lipinski definition) is 0. The van der Waals surface area contributed by atoms with Crippen molar-refractivity contribution in [2.24, 2.45) is 0 Å². The van der Waals surface area contributed by atoms with Crippen molar-refractivity contribution in [2.75, 3.05) is 4.90 Å². The highest BCUT2D eigenvalue weighted by molar-refractivity contribution is 6.19. The third-order valence-corrected chi connectivity index (χ3v) is 10.9. The molecule has 0 saturated carbocycles. The van der Waals surface area contributed by atoms with Gasteiger partial charge in [0.15, 0.2) is 0 Å². The van der Waals surface area contributed by atoms with Gasteiger partial charge in [0.1, 0.15) is 22.3 Å². The average Bonchev–Trinajstić information content (AvgIpc) is 3.83. The van der Waals surface area contributed by atoms with Gasteiger partial charge in [0, 0.05) is 49.6 Å². The Labute approximate surface area is 317 Å².